The third-order valence-electron chi connectivity index (χ3n) is 1.56. The number of nitrogen functional groups attached to an aromatic ring is 1. The Bertz CT molecular complexity index is 313. The first-order valence-corrected chi connectivity index (χ1v) is 3.09. The van der Waals surface area contributed by atoms with Crippen LogP contribution >= 0.6 is 0 Å². The average Bonchev–Trinajstić information content (AvgIpc) is 2.36. The normalized spacial score (nSPS) is 10.4. The maximum atomic E-state index is 5.53. The van der Waals surface area contributed by atoms with Crippen LogP contribution in [-0.2, 0) is 0 Å². The summed E-state index contributed by atoms with van der Waals surface area (Å²) in [6.45, 7) is 0. The first-order chi connectivity index (χ1) is 4.88. The van der Waals surface area contributed by atoms with E-state index in [1.165, 1.54) is 0 Å². The molecule has 1 heterocycles. The Hall–Kier alpha value is -1.44. The van der Waals surface area contributed by atoms with Crippen LogP contribution in [0.5, 0.6) is 0 Å². The largest absolute Gasteiger partial charge is 0.449 e. The van der Waals surface area contributed by atoms with Crippen LogP contribution in [0.25, 0.3) is 11.1 Å². The minimum atomic E-state index is 0.488. The fourth-order valence-electron chi connectivity index (χ4n) is 1.05. The highest BCUT2D eigenvalue weighted by Gasteiger charge is 2.04. The molecule has 0 aromatic rings. The molecule has 1 aliphatic carbocycles. The predicted octanol–water partition coefficient (Wildman–Crippen LogP) is 1.97. The Morgan fingerprint density at radius 3 is 2.90 bits per heavy atom. The molecule has 2 heteroatoms. The molecule has 0 spiro atoms. The molecule has 0 saturated heterocycles. The maximum absolute atomic E-state index is 5.53. The van der Waals surface area contributed by atoms with Crippen LogP contribution in [0.15, 0.2) is 34.9 Å². The summed E-state index contributed by atoms with van der Waals surface area (Å²) in [4.78, 5) is 0. The van der Waals surface area contributed by atoms with E-state index in [-0.39, 0.29) is 0 Å². The van der Waals surface area contributed by atoms with Crippen molar-refractivity contribution >= 4 is 5.88 Å². The van der Waals surface area contributed by atoms with Crippen molar-refractivity contribution in [3.8, 4) is 11.1 Å². The third kappa shape index (κ3) is 0.589. The summed E-state index contributed by atoms with van der Waals surface area (Å²) in [5.41, 5.74) is 7.65. The van der Waals surface area contributed by atoms with Gasteiger partial charge in [0.15, 0.2) is 5.88 Å². The van der Waals surface area contributed by atoms with E-state index in [1.807, 2.05) is 24.3 Å². The number of nitrogens with two attached hydrogens (primary N) is 1. The Morgan fingerprint density at radius 1 is 1.20 bits per heavy atom. The second-order valence-electron chi connectivity index (χ2n) is 2.18. The minimum Gasteiger partial charge on any atom is -0.449 e. The van der Waals surface area contributed by atoms with Crippen LogP contribution in [0.3, 0.4) is 0 Å². The molecule has 2 rings (SSSR count). The van der Waals surface area contributed by atoms with Gasteiger partial charge in [-0.15, -0.1) is 0 Å². The molecule has 0 aromatic heterocycles. The van der Waals surface area contributed by atoms with Crippen molar-refractivity contribution in [2.75, 3.05) is 5.73 Å². The average molecular weight is 133 g/mol. The van der Waals surface area contributed by atoms with Gasteiger partial charge in [0.25, 0.3) is 0 Å². The molecule has 50 valence electrons. The summed E-state index contributed by atoms with van der Waals surface area (Å²) >= 11 is 0. The number of anilines is 1. The van der Waals surface area contributed by atoms with E-state index in [1.54, 1.807) is 6.26 Å². The summed E-state index contributed by atoms with van der Waals surface area (Å²) in [7, 11) is 0. The van der Waals surface area contributed by atoms with Gasteiger partial charge in [0.05, 0.1) is 6.26 Å². The quantitative estimate of drug-likeness (QED) is 0.596. The number of hydrogen-bond acceptors (Lipinski definition) is 2. The lowest BCUT2D eigenvalue weighted by Crippen LogP contribution is -1.86. The van der Waals surface area contributed by atoms with Gasteiger partial charge < -0.3 is 10.2 Å². The van der Waals surface area contributed by atoms with Gasteiger partial charge in [-0.25, -0.2) is 0 Å². The summed E-state index contributed by atoms with van der Waals surface area (Å²) in [5.74, 6) is 0.488. The Kier molecular flexibility index (Phi) is 0.947. The molecule has 10 heavy (non-hydrogen) atoms. The van der Waals surface area contributed by atoms with Gasteiger partial charge in [0, 0.05) is 5.56 Å². The van der Waals surface area contributed by atoms with Crippen LogP contribution in [0.4, 0.5) is 5.88 Å². The molecule has 0 saturated carbocycles. The zero-order chi connectivity index (χ0) is 6.97. The molecule has 0 aromatic carbocycles. The Labute approximate surface area is 58.6 Å². The van der Waals surface area contributed by atoms with Gasteiger partial charge >= 0.3 is 0 Å². The first-order valence-electron chi connectivity index (χ1n) is 3.09. The maximum Gasteiger partial charge on any atom is 0.197 e. The molecule has 1 aliphatic heterocycles. The molecule has 0 bridgehead atoms. The van der Waals surface area contributed by atoms with Crippen LogP contribution in [0, 0.1) is 0 Å². The van der Waals surface area contributed by atoms with Crippen molar-refractivity contribution in [2.24, 2.45) is 0 Å². The monoisotopic (exact) mass is 133 g/mol. The lowest BCUT2D eigenvalue weighted by atomic mass is 10.2. The number of hydrogen-bond donors (Lipinski definition) is 1. The van der Waals surface area contributed by atoms with E-state index in [4.69, 9.17) is 10.2 Å². The Balaban J connectivity index is 2.80. The van der Waals surface area contributed by atoms with E-state index in [9.17, 15) is 0 Å². The van der Waals surface area contributed by atoms with Crippen molar-refractivity contribution in [1.29, 1.82) is 0 Å². The lowest BCUT2D eigenvalue weighted by Gasteiger charge is -1.98. The van der Waals surface area contributed by atoms with Crippen molar-refractivity contribution < 1.29 is 4.42 Å². The molecule has 2 N–H and O–H groups in total. The zero-order valence-electron chi connectivity index (χ0n) is 5.37. The van der Waals surface area contributed by atoms with E-state index in [0.717, 1.165) is 11.1 Å². The highest BCUT2D eigenvalue weighted by atomic mass is 16.3. The molecular weight excluding hydrogens is 126 g/mol. The SMILES string of the molecule is Nc1occc2cccc1-2. The molecule has 0 amide bonds. The van der Waals surface area contributed by atoms with E-state index in [2.05, 4.69) is 0 Å². The van der Waals surface area contributed by atoms with Crippen molar-refractivity contribution in [2.45, 2.75) is 0 Å². The van der Waals surface area contributed by atoms with Crippen molar-refractivity contribution in [3.05, 3.63) is 30.5 Å². The van der Waals surface area contributed by atoms with E-state index >= 15 is 0 Å². The van der Waals surface area contributed by atoms with Crippen LogP contribution in [0.2, 0.25) is 0 Å². The highest BCUT2D eigenvalue weighted by Crippen LogP contribution is 2.27. The second kappa shape index (κ2) is 1.77. The van der Waals surface area contributed by atoms with Gasteiger partial charge in [-0.3, -0.25) is 0 Å². The van der Waals surface area contributed by atoms with Gasteiger partial charge in [-0.2, -0.15) is 0 Å². The predicted molar refractivity (Wildman–Crippen MR) is 39.7 cm³/mol. The molecule has 2 aliphatic rings. The van der Waals surface area contributed by atoms with E-state index in [0.29, 0.717) is 5.88 Å². The van der Waals surface area contributed by atoms with Crippen LogP contribution < -0.4 is 5.73 Å². The fraction of sp³-hybridized carbons (Fsp3) is 0. The highest BCUT2D eigenvalue weighted by molar-refractivity contribution is 5.74. The molecule has 0 atom stereocenters. The Morgan fingerprint density at radius 2 is 2.10 bits per heavy atom. The summed E-state index contributed by atoms with van der Waals surface area (Å²) < 4.78 is 4.98. The van der Waals surface area contributed by atoms with Gasteiger partial charge in [0.2, 0.25) is 0 Å². The van der Waals surface area contributed by atoms with Gasteiger partial charge in [0.1, 0.15) is 0 Å². The molecular formula is C8H7NO. The lowest BCUT2D eigenvalue weighted by molar-refractivity contribution is 0.573. The second-order valence-corrected chi connectivity index (χ2v) is 2.18. The van der Waals surface area contributed by atoms with Crippen molar-refractivity contribution in [3.63, 3.8) is 0 Å². The van der Waals surface area contributed by atoms with Crippen LogP contribution in [-0.4, -0.2) is 0 Å². The molecule has 2 nitrogen and oxygen atoms in total. The first kappa shape index (κ1) is 5.35. The van der Waals surface area contributed by atoms with Gasteiger partial charge in [-0.05, 0) is 17.7 Å². The van der Waals surface area contributed by atoms with E-state index < -0.39 is 0 Å². The number of fused-ring (bicyclic) bond motifs is 1. The number of rotatable bonds is 0. The molecule has 0 fully saturated rings. The fourth-order valence-corrected chi connectivity index (χ4v) is 1.05. The smallest absolute Gasteiger partial charge is 0.197 e. The van der Waals surface area contributed by atoms with Crippen molar-refractivity contribution in [1.82, 2.24) is 0 Å². The zero-order valence-corrected chi connectivity index (χ0v) is 5.37. The summed E-state index contributed by atoms with van der Waals surface area (Å²) in [6.07, 6.45) is 1.59. The topological polar surface area (TPSA) is 39.2 Å². The van der Waals surface area contributed by atoms with Gasteiger partial charge in [-0.1, -0.05) is 12.1 Å². The summed E-state index contributed by atoms with van der Waals surface area (Å²) in [5, 5.41) is 0. The standard InChI is InChI=1S/C8H7NO/c9-8-7-3-1-2-6(7)4-5-10-8/h1-5H,9H2. The third-order valence-corrected chi connectivity index (χ3v) is 1.56. The molecule has 0 radical (unpaired) electrons. The van der Waals surface area contributed by atoms with Crippen LogP contribution in [0.1, 0.15) is 0 Å². The molecule has 0 unspecified atom stereocenters. The minimum absolute atomic E-state index is 0.488. The summed E-state index contributed by atoms with van der Waals surface area (Å²) in [6, 6.07) is 7.79.